The van der Waals surface area contributed by atoms with Gasteiger partial charge in [-0.1, -0.05) is 23.2 Å². The second kappa shape index (κ2) is 6.93. The monoisotopic (exact) mass is 408 g/mol. The molecule has 0 saturated carbocycles. The number of nitrogens with one attached hydrogen (secondary N) is 1. The molecule has 0 spiro atoms. The van der Waals surface area contributed by atoms with E-state index in [2.05, 4.69) is 10.3 Å². The maximum absolute atomic E-state index is 12.4. The summed E-state index contributed by atoms with van der Waals surface area (Å²) in [5, 5.41) is 13.7. The van der Waals surface area contributed by atoms with Crippen molar-refractivity contribution in [2.75, 3.05) is 11.9 Å². The molecule has 0 radical (unpaired) electrons. The van der Waals surface area contributed by atoms with Gasteiger partial charge < -0.3 is 5.32 Å². The Hall–Kier alpha value is -3.04. The summed E-state index contributed by atoms with van der Waals surface area (Å²) in [5.74, 6) is -2.18. The lowest BCUT2D eigenvalue weighted by Gasteiger charge is -2.14. The number of hydrogen-bond donors (Lipinski definition) is 1. The van der Waals surface area contributed by atoms with Crippen LogP contribution in [0.4, 0.5) is 11.5 Å². The average Bonchev–Trinajstić information content (AvgIpc) is 2.86. The number of hydrogen-bond acceptors (Lipinski definition) is 6. The van der Waals surface area contributed by atoms with E-state index in [1.807, 2.05) is 0 Å². The molecular weight excluding hydrogens is 399 g/mol. The van der Waals surface area contributed by atoms with Gasteiger partial charge in [0.1, 0.15) is 6.54 Å². The molecular formula is C16H10Cl2N4O5. The average molecular weight is 409 g/mol. The molecule has 1 aromatic carbocycles. The van der Waals surface area contributed by atoms with Crippen molar-refractivity contribution < 1.29 is 19.3 Å². The molecule has 0 fully saturated rings. The zero-order valence-electron chi connectivity index (χ0n) is 13.7. The number of benzene rings is 1. The summed E-state index contributed by atoms with van der Waals surface area (Å²) >= 11 is 11.9. The molecule has 1 aromatic heterocycles. The van der Waals surface area contributed by atoms with Crippen molar-refractivity contribution in [2.45, 2.75) is 6.92 Å². The topological polar surface area (TPSA) is 123 Å². The summed E-state index contributed by atoms with van der Waals surface area (Å²) < 4.78 is 0. The summed E-state index contributed by atoms with van der Waals surface area (Å²) in [6, 6.07) is 3.31. The van der Waals surface area contributed by atoms with Gasteiger partial charge in [0.05, 0.1) is 26.1 Å². The van der Waals surface area contributed by atoms with Crippen LogP contribution in [0.2, 0.25) is 10.0 Å². The van der Waals surface area contributed by atoms with Gasteiger partial charge in [-0.2, -0.15) is 0 Å². The van der Waals surface area contributed by atoms with Crippen LogP contribution in [0, 0.1) is 17.0 Å². The predicted octanol–water partition coefficient (Wildman–Crippen LogP) is 2.84. The minimum absolute atomic E-state index is 0.00288. The smallest absolute Gasteiger partial charge is 0.270 e. The molecule has 3 amide bonds. The van der Waals surface area contributed by atoms with Gasteiger partial charge in [-0.05, 0) is 18.6 Å². The Kier molecular flexibility index (Phi) is 4.81. The first kappa shape index (κ1) is 18.7. The number of fused-ring (bicyclic) bond motifs is 1. The maximum Gasteiger partial charge on any atom is 0.270 e. The van der Waals surface area contributed by atoms with E-state index in [9.17, 15) is 24.5 Å². The zero-order chi connectivity index (χ0) is 19.9. The standard InChI is InChI=1S/C16H10Cl2N4O5/c1-7-11(17)5-19-14(13(7)18)20-12(23)6-21-15(24)9-3-2-8(22(26)27)4-10(9)16(21)25/h2-5H,6H2,1H3,(H,19,20,23). The summed E-state index contributed by atoms with van der Waals surface area (Å²) in [6.45, 7) is 1.04. The van der Waals surface area contributed by atoms with Crippen molar-refractivity contribution in [3.8, 4) is 0 Å². The number of nitrogens with zero attached hydrogens (tertiary/aromatic N) is 3. The van der Waals surface area contributed by atoms with E-state index < -0.39 is 29.2 Å². The lowest BCUT2D eigenvalue weighted by Crippen LogP contribution is -2.37. The van der Waals surface area contributed by atoms with Crippen molar-refractivity contribution >= 4 is 52.4 Å². The van der Waals surface area contributed by atoms with Crippen LogP contribution in [0.5, 0.6) is 0 Å². The van der Waals surface area contributed by atoms with E-state index in [0.717, 1.165) is 12.1 Å². The Bertz CT molecular complexity index is 1020. The zero-order valence-corrected chi connectivity index (χ0v) is 15.2. The van der Waals surface area contributed by atoms with Gasteiger partial charge in [0.15, 0.2) is 5.82 Å². The van der Waals surface area contributed by atoms with Crippen molar-refractivity contribution in [2.24, 2.45) is 0 Å². The number of carbonyl (C=O) groups excluding carboxylic acids is 3. The number of nitro benzene ring substituents is 1. The Morgan fingerprint density at radius 3 is 2.59 bits per heavy atom. The first-order valence-corrected chi connectivity index (χ1v) is 8.21. The predicted molar refractivity (Wildman–Crippen MR) is 96.1 cm³/mol. The molecule has 27 heavy (non-hydrogen) atoms. The fraction of sp³-hybridized carbons (Fsp3) is 0.125. The summed E-state index contributed by atoms with van der Waals surface area (Å²) in [4.78, 5) is 51.7. The summed E-state index contributed by atoms with van der Waals surface area (Å²) in [6.07, 6.45) is 1.31. The van der Waals surface area contributed by atoms with Crippen LogP contribution in [0.3, 0.4) is 0 Å². The Morgan fingerprint density at radius 1 is 1.26 bits per heavy atom. The van der Waals surface area contributed by atoms with E-state index in [-0.39, 0.29) is 27.7 Å². The van der Waals surface area contributed by atoms with Crippen LogP contribution in [0.25, 0.3) is 0 Å². The number of amides is 3. The molecule has 0 saturated heterocycles. The number of non-ortho nitro benzene ring substituents is 1. The molecule has 3 rings (SSSR count). The van der Waals surface area contributed by atoms with Crippen LogP contribution in [-0.2, 0) is 4.79 Å². The number of rotatable bonds is 4. The fourth-order valence-electron chi connectivity index (χ4n) is 2.50. The molecule has 11 heteroatoms. The number of imide groups is 1. The molecule has 1 aliphatic heterocycles. The van der Waals surface area contributed by atoms with Crippen molar-refractivity contribution in [1.82, 2.24) is 9.88 Å². The Labute approximate surface area is 162 Å². The number of carbonyl (C=O) groups is 3. The molecule has 2 heterocycles. The molecule has 9 nitrogen and oxygen atoms in total. The molecule has 0 aliphatic carbocycles. The van der Waals surface area contributed by atoms with Gasteiger partial charge in [-0.15, -0.1) is 0 Å². The first-order valence-electron chi connectivity index (χ1n) is 7.45. The fourth-order valence-corrected chi connectivity index (χ4v) is 2.88. The highest BCUT2D eigenvalue weighted by Crippen LogP contribution is 2.29. The number of nitro groups is 1. The molecule has 0 bridgehead atoms. The number of halogens is 2. The van der Waals surface area contributed by atoms with Gasteiger partial charge in [-0.3, -0.25) is 29.4 Å². The lowest BCUT2D eigenvalue weighted by atomic mass is 10.1. The number of pyridine rings is 1. The van der Waals surface area contributed by atoms with E-state index in [1.165, 1.54) is 12.3 Å². The largest absolute Gasteiger partial charge is 0.308 e. The van der Waals surface area contributed by atoms with E-state index >= 15 is 0 Å². The van der Waals surface area contributed by atoms with Crippen LogP contribution >= 0.6 is 23.2 Å². The molecule has 1 aliphatic rings. The molecule has 1 N–H and O–H groups in total. The summed E-state index contributed by atoms with van der Waals surface area (Å²) in [7, 11) is 0. The number of aromatic nitrogens is 1. The molecule has 0 atom stereocenters. The minimum atomic E-state index is -0.791. The Balaban J connectivity index is 1.79. The second-order valence-electron chi connectivity index (χ2n) is 5.63. The summed E-state index contributed by atoms with van der Waals surface area (Å²) in [5.41, 5.74) is 0.0582. The lowest BCUT2D eigenvalue weighted by molar-refractivity contribution is -0.384. The highest BCUT2D eigenvalue weighted by molar-refractivity contribution is 6.37. The van der Waals surface area contributed by atoms with E-state index in [0.29, 0.717) is 15.5 Å². The van der Waals surface area contributed by atoms with E-state index in [4.69, 9.17) is 23.2 Å². The van der Waals surface area contributed by atoms with Gasteiger partial charge in [-0.25, -0.2) is 4.98 Å². The molecule has 2 aromatic rings. The third-order valence-electron chi connectivity index (χ3n) is 3.93. The van der Waals surface area contributed by atoms with Gasteiger partial charge in [0.2, 0.25) is 5.91 Å². The minimum Gasteiger partial charge on any atom is -0.308 e. The van der Waals surface area contributed by atoms with Crippen molar-refractivity contribution in [3.05, 3.63) is 61.2 Å². The van der Waals surface area contributed by atoms with Gasteiger partial charge in [0, 0.05) is 18.3 Å². The maximum atomic E-state index is 12.4. The molecule has 138 valence electrons. The van der Waals surface area contributed by atoms with Crippen LogP contribution < -0.4 is 5.32 Å². The van der Waals surface area contributed by atoms with Crippen LogP contribution in [0.1, 0.15) is 26.3 Å². The molecule has 0 unspecified atom stereocenters. The van der Waals surface area contributed by atoms with Gasteiger partial charge >= 0.3 is 0 Å². The van der Waals surface area contributed by atoms with Gasteiger partial charge in [0.25, 0.3) is 17.5 Å². The first-order chi connectivity index (χ1) is 12.7. The number of anilines is 1. The van der Waals surface area contributed by atoms with E-state index in [1.54, 1.807) is 6.92 Å². The Morgan fingerprint density at radius 2 is 1.93 bits per heavy atom. The van der Waals surface area contributed by atoms with Crippen LogP contribution in [-0.4, -0.2) is 39.1 Å². The highest BCUT2D eigenvalue weighted by atomic mass is 35.5. The van der Waals surface area contributed by atoms with Crippen LogP contribution in [0.15, 0.2) is 24.4 Å². The van der Waals surface area contributed by atoms with Crippen molar-refractivity contribution in [1.29, 1.82) is 0 Å². The normalized spacial score (nSPS) is 12.9. The van der Waals surface area contributed by atoms with Crippen molar-refractivity contribution in [3.63, 3.8) is 0 Å². The second-order valence-corrected chi connectivity index (χ2v) is 6.41. The third kappa shape index (κ3) is 3.34. The SMILES string of the molecule is Cc1c(Cl)cnc(NC(=O)CN2C(=O)c3ccc([N+](=O)[O-])cc3C2=O)c1Cl. The third-order valence-corrected chi connectivity index (χ3v) is 4.77. The quantitative estimate of drug-likeness (QED) is 0.471. The highest BCUT2D eigenvalue weighted by Gasteiger charge is 2.37.